The summed E-state index contributed by atoms with van der Waals surface area (Å²) >= 11 is 0. The van der Waals surface area contributed by atoms with Crippen molar-refractivity contribution in [1.29, 1.82) is 0 Å². The van der Waals surface area contributed by atoms with E-state index in [9.17, 15) is 24.0 Å². The maximum absolute atomic E-state index is 12.7. The monoisotopic (exact) mass is 321 g/mol. The SMILES string of the molecule is CC(O)[C@H]1C(=O)N2C(C(=O)O)=C(S(=O)c3ccccc3)C[C@@H]12. The van der Waals surface area contributed by atoms with Gasteiger partial charge in [0, 0.05) is 11.3 Å². The van der Waals surface area contributed by atoms with Crippen molar-refractivity contribution in [2.75, 3.05) is 0 Å². The molecule has 1 aromatic carbocycles. The summed E-state index contributed by atoms with van der Waals surface area (Å²) < 4.78 is 12.7. The van der Waals surface area contributed by atoms with Crippen LogP contribution in [0.5, 0.6) is 0 Å². The Labute approximate surface area is 129 Å². The van der Waals surface area contributed by atoms with Crippen LogP contribution in [0.3, 0.4) is 0 Å². The van der Waals surface area contributed by atoms with Gasteiger partial charge < -0.3 is 15.1 Å². The van der Waals surface area contributed by atoms with Crippen molar-refractivity contribution in [3.05, 3.63) is 40.9 Å². The number of nitrogens with zero attached hydrogens (tertiary/aromatic N) is 1. The van der Waals surface area contributed by atoms with Crippen molar-refractivity contribution in [2.24, 2.45) is 5.92 Å². The molecule has 22 heavy (non-hydrogen) atoms. The van der Waals surface area contributed by atoms with Gasteiger partial charge >= 0.3 is 5.97 Å². The number of carbonyl (C=O) groups excluding carboxylic acids is 1. The van der Waals surface area contributed by atoms with Gasteiger partial charge in [0.1, 0.15) is 5.70 Å². The predicted octanol–water partition coefficient (Wildman–Crippen LogP) is 0.702. The van der Waals surface area contributed by atoms with Crippen LogP contribution < -0.4 is 0 Å². The molecule has 6 nitrogen and oxygen atoms in total. The summed E-state index contributed by atoms with van der Waals surface area (Å²) in [6, 6.07) is 8.13. The number of rotatable bonds is 4. The topological polar surface area (TPSA) is 94.9 Å². The number of aliphatic hydroxyl groups is 1. The molecule has 7 heteroatoms. The highest BCUT2D eigenvalue weighted by Gasteiger charge is 2.57. The van der Waals surface area contributed by atoms with E-state index in [-0.39, 0.29) is 17.0 Å². The molecule has 3 rings (SSSR count). The van der Waals surface area contributed by atoms with Gasteiger partial charge in [0.2, 0.25) is 5.91 Å². The molecule has 2 aliphatic heterocycles. The predicted molar refractivity (Wildman–Crippen MR) is 77.9 cm³/mol. The fourth-order valence-electron chi connectivity index (χ4n) is 3.08. The summed E-state index contributed by atoms with van der Waals surface area (Å²) in [5.74, 6) is -2.31. The highest BCUT2D eigenvalue weighted by Crippen LogP contribution is 2.45. The lowest BCUT2D eigenvalue weighted by atomic mass is 9.83. The highest BCUT2D eigenvalue weighted by atomic mass is 32.2. The smallest absolute Gasteiger partial charge is 0.353 e. The first kappa shape index (κ1) is 14.9. The lowest BCUT2D eigenvalue weighted by Crippen LogP contribution is -2.61. The summed E-state index contributed by atoms with van der Waals surface area (Å²) in [5.41, 5.74) is -0.200. The molecule has 116 valence electrons. The summed E-state index contributed by atoms with van der Waals surface area (Å²) in [6.45, 7) is 1.51. The molecule has 0 saturated carbocycles. The zero-order chi connectivity index (χ0) is 16.0. The molecule has 2 heterocycles. The van der Waals surface area contributed by atoms with E-state index in [0.29, 0.717) is 4.90 Å². The molecule has 2 aliphatic rings. The van der Waals surface area contributed by atoms with Crippen molar-refractivity contribution in [3.63, 3.8) is 0 Å². The van der Waals surface area contributed by atoms with Crippen LogP contribution in [-0.4, -0.2) is 43.3 Å². The minimum atomic E-state index is -1.63. The number of carbonyl (C=O) groups is 2. The average Bonchev–Trinajstić information content (AvgIpc) is 2.82. The van der Waals surface area contributed by atoms with Crippen LogP contribution in [0.2, 0.25) is 0 Å². The molecule has 0 spiro atoms. The van der Waals surface area contributed by atoms with Crippen molar-refractivity contribution in [1.82, 2.24) is 4.90 Å². The summed E-state index contributed by atoms with van der Waals surface area (Å²) in [6.07, 6.45) is -0.641. The number of fused-ring (bicyclic) bond motifs is 1. The van der Waals surface area contributed by atoms with Crippen molar-refractivity contribution in [3.8, 4) is 0 Å². The summed E-state index contributed by atoms with van der Waals surface area (Å²) in [4.78, 5) is 25.5. The Hall–Kier alpha value is -1.99. The normalized spacial score (nSPS) is 26.5. The second-order valence-corrected chi connectivity index (χ2v) is 6.91. The minimum absolute atomic E-state index is 0.200. The molecule has 0 aliphatic carbocycles. The fourth-order valence-corrected chi connectivity index (χ4v) is 4.45. The van der Waals surface area contributed by atoms with Gasteiger partial charge in [-0.25, -0.2) is 9.00 Å². The van der Waals surface area contributed by atoms with Gasteiger partial charge in [0.05, 0.1) is 33.8 Å². The third kappa shape index (κ3) is 2.08. The van der Waals surface area contributed by atoms with Crippen molar-refractivity contribution in [2.45, 2.75) is 30.4 Å². The molecule has 1 amide bonds. The van der Waals surface area contributed by atoms with E-state index >= 15 is 0 Å². The summed E-state index contributed by atoms with van der Waals surface area (Å²) in [5, 5.41) is 19.1. The number of hydrogen-bond donors (Lipinski definition) is 2. The molecule has 0 radical (unpaired) electrons. The second-order valence-electron chi connectivity index (χ2n) is 5.40. The number of aliphatic carboxylic acids is 1. The summed E-state index contributed by atoms with van der Waals surface area (Å²) in [7, 11) is -1.63. The van der Waals surface area contributed by atoms with E-state index in [2.05, 4.69) is 0 Å². The molecule has 0 aromatic heterocycles. The third-order valence-corrected chi connectivity index (χ3v) is 5.58. The zero-order valence-corrected chi connectivity index (χ0v) is 12.6. The van der Waals surface area contributed by atoms with E-state index in [0.717, 1.165) is 4.90 Å². The highest BCUT2D eigenvalue weighted by molar-refractivity contribution is 7.89. The van der Waals surface area contributed by atoms with Gasteiger partial charge in [0.15, 0.2) is 0 Å². The Morgan fingerprint density at radius 2 is 2.00 bits per heavy atom. The quantitative estimate of drug-likeness (QED) is 0.796. The number of carboxylic acid groups (broad SMARTS) is 1. The van der Waals surface area contributed by atoms with Gasteiger partial charge in [0.25, 0.3) is 0 Å². The van der Waals surface area contributed by atoms with Crippen LogP contribution in [0.4, 0.5) is 0 Å². The number of benzene rings is 1. The molecule has 1 fully saturated rings. The molecular weight excluding hydrogens is 306 g/mol. The standard InChI is InChI=1S/C15H15NO5S/c1-8(17)12-10-7-11(13(15(19)20)16(10)14(12)18)22(21)9-5-3-2-4-6-9/h2-6,8,10,12,17H,7H2,1H3,(H,19,20)/t8?,10-,12+,22?/m0/s1. The van der Waals surface area contributed by atoms with Gasteiger partial charge in [-0.05, 0) is 19.1 Å². The van der Waals surface area contributed by atoms with Crippen LogP contribution in [-0.2, 0) is 20.4 Å². The average molecular weight is 321 g/mol. The van der Waals surface area contributed by atoms with Crippen molar-refractivity contribution < 1.29 is 24.0 Å². The van der Waals surface area contributed by atoms with Crippen LogP contribution in [0.1, 0.15) is 13.3 Å². The van der Waals surface area contributed by atoms with Crippen LogP contribution in [0.25, 0.3) is 0 Å². The Bertz CT molecular complexity index is 697. The Morgan fingerprint density at radius 1 is 1.36 bits per heavy atom. The minimum Gasteiger partial charge on any atom is -0.477 e. The van der Waals surface area contributed by atoms with Crippen LogP contribution >= 0.6 is 0 Å². The fraction of sp³-hybridized carbons (Fsp3) is 0.333. The maximum Gasteiger partial charge on any atom is 0.353 e. The first-order chi connectivity index (χ1) is 10.4. The molecule has 2 unspecified atom stereocenters. The Balaban J connectivity index is 1.99. The first-order valence-corrected chi connectivity index (χ1v) is 8.03. The largest absolute Gasteiger partial charge is 0.477 e. The van der Waals surface area contributed by atoms with Crippen LogP contribution in [0.15, 0.2) is 45.8 Å². The maximum atomic E-state index is 12.7. The molecule has 0 bridgehead atoms. The van der Waals surface area contributed by atoms with Gasteiger partial charge in [-0.1, -0.05) is 18.2 Å². The molecule has 4 atom stereocenters. The number of aliphatic hydroxyl groups excluding tert-OH is 1. The van der Waals surface area contributed by atoms with E-state index in [1.807, 2.05) is 0 Å². The van der Waals surface area contributed by atoms with Gasteiger partial charge in [-0.3, -0.25) is 4.79 Å². The van der Waals surface area contributed by atoms with E-state index < -0.39 is 40.7 Å². The second kappa shape index (κ2) is 5.33. The van der Waals surface area contributed by atoms with E-state index in [4.69, 9.17) is 0 Å². The number of β-lactam (4-membered cyclic amide) rings is 1. The molecule has 1 aromatic rings. The van der Waals surface area contributed by atoms with E-state index in [1.165, 1.54) is 6.92 Å². The zero-order valence-electron chi connectivity index (χ0n) is 11.8. The Kier molecular flexibility index (Phi) is 3.62. The lowest BCUT2D eigenvalue weighted by molar-refractivity contribution is -0.161. The van der Waals surface area contributed by atoms with Gasteiger partial charge in [-0.15, -0.1) is 0 Å². The van der Waals surface area contributed by atoms with E-state index in [1.54, 1.807) is 30.3 Å². The lowest BCUT2D eigenvalue weighted by Gasteiger charge is -2.44. The van der Waals surface area contributed by atoms with Crippen molar-refractivity contribution >= 4 is 22.7 Å². The van der Waals surface area contributed by atoms with Gasteiger partial charge in [-0.2, -0.15) is 0 Å². The Morgan fingerprint density at radius 3 is 2.55 bits per heavy atom. The number of carboxylic acids is 1. The first-order valence-electron chi connectivity index (χ1n) is 6.88. The molecule has 1 saturated heterocycles. The van der Waals surface area contributed by atoms with Crippen LogP contribution in [0, 0.1) is 5.92 Å². The third-order valence-electron chi connectivity index (χ3n) is 4.07. The number of amides is 1. The number of hydrogen-bond acceptors (Lipinski definition) is 4. The molecular formula is C15H15NO5S. The molecule has 2 N–H and O–H groups in total.